The van der Waals surface area contributed by atoms with Crippen LogP contribution in [0.3, 0.4) is 0 Å². The molecular formula is C39H45F2N3O3. The van der Waals surface area contributed by atoms with E-state index in [4.69, 9.17) is 0 Å². The van der Waals surface area contributed by atoms with Crippen LogP contribution in [0.25, 0.3) is 0 Å². The molecule has 0 radical (unpaired) electrons. The molecule has 0 aliphatic rings. The fourth-order valence-corrected chi connectivity index (χ4v) is 5.84. The van der Waals surface area contributed by atoms with Crippen LogP contribution in [-0.4, -0.2) is 53.6 Å². The monoisotopic (exact) mass is 641 g/mol. The van der Waals surface area contributed by atoms with Crippen LogP contribution in [0.2, 0.25) is 0 Å². The number of rotatable bonds is 16. The molecular weight excluding hydrogens is 596 g/mol. The fourth-order valence-electron chi connectivity index (χ4n) is 5.84. The van der Waals surface area contributed by atoms with Gasteiger partial charge in [0.15, 0.2) is 0 Å². The average molecular weight is 642 g/mol. The first-order valence-corrected chi connectivity index (χ1v) is 16.3. The number of aliphatic hydroxyl groups is 1. The third-order valence-corrected chi connectivity index (χ3v) is 8.08. The van der Waals surface area contributed by atoms with E-state index in [0.717, 1.165) is 35.6 Å². The summed E-state index contributed by atoms with van der Waals surface area (Å²) in [4.78, 5) is 28.9. The number of aryl methyl sites for hydroxylation is 1. The summed E-state index contributed by atoms with van der Waals surface area (Å²) in [7, 11) is 0. The zero-order valence-electron chi connectivity index (χ0n) is 27.4. The second kappa shape index (κ2) is 17.5. The molecule has 8 heteroatoms. The predicted octanol–water partition coefficient (Wildman–Crippen LogP) is 6.81. The number of hydrogen-bond donors (Lipinski definition) is 3. The lowest BCUT2D eigenvalue weighted by Gasteiger charge is -2.28. The lowest BCUT2D eigenvalue weighted by atomic mass is 9.97. The van der Waals surface area contributed by atoms with Gasteiger partial charge in [-0.25, -0.2) is 8.78 Å². The smallest absolute Gasteiger partial charge is 0.253 e. The van der Waals surface area contributed by atoms with Crippen LogP contribution in [0.1, 0.15) is 75.7 Å². The molecule has 0 aliphatic heterocycles. The first kappa shape index (κ1) is 35.5. The molecule has 0 aromatic heterocycles. The number of hydrogen-bond acceptors (Lipinski definition) is 4. The molecule has 0 fully saturated rings. The van der Waals surface area contributed by atoms with Gasteiger partial charge in [-0.2, -0.15) is 0 Å². The van der Waals surface area contributed by atoms with E-state index in [1.165, 1.54) is 12.1 Å². The second-order valence-corrected chi connectivity index (χ2v) is 12.1. The third kappa shape index (κ3) is 10.6. The van der Waals surface area contributed by atoms with Crippen molar-refractivity contribution in [2.24, 2.45) is 0 Å². The summed E-state index contributed by atoms with van der Waals surface area (Å²) in [6.07, 6.45) is 1.15. The van der Waals surface area contributed by atoms with Crippen molar-refractivity contribution in [3.8, 4) is 0 Å². The van der Waals surface area contributed by atoms with E-state index < -0.39 is 29.7 Å². The van der Waals surface area contributed by atoms with Crippen molar-refractivity contribution in [1.82, 2.24) is 15.5 Å². The first-order valence-electron chi connectivity index (χ1n) is 16.3. The van der Waals surface area contributed by atoms with Crippen molar-refractivity contribution in [2.75, 3.05) is 19.6 Å². The maximum absolute atomic E-state index is 14.2. The Kier molecular flexibility index (Phi) is 13.2. The van der Waals surface area contributed by atoms with Crippen LogP contribution < -0.4 is 10.6 Å². The predicted molar refractivity (Wildman–Crippen MR) is 182 cm³/mol. The second-order valence-electron chi connectivity index (χ2n) is 12.1. The van der Waals surface area contributed by atoms with Crippen molar-refractivity contribution in [2.45, 2.75) is 64.6 Å². The maximum atomic E-state index is 14.2. The summed E-state index contributed by atoms with van der Waals surface area (Å²) in [5.74, 6) is -2.12. The lowest BCUT2D eigenvalue weighted by Crippen LogP contribution is -2.49. The Bertz CT molecular complexity index is 1570. The number of carbonyl (C=O) groups excluding carboxylic acids is 2. The molecule has 1 unspecified atom stereocenters. The largest absolute Gasteiger partial charge is 0.390 e. The van der Waals surface area contributed by atoms with E-state index in [1.54, 1.807) is 23.1 Å². The summed E-state index contributed by atoms with van der Waals surface area (Å²) in [6, 6.07) is 27.0. The molecule has 0 saturated heterocycles. The highest BCUT2D eigenvalue weighted by molar-refractivity contribution is 6.00. The minimum absolute atomic E-state index is 0.0175. The van der Waals surface area contributed by atoms with Gasteiger partial charge in [0.05, 0.1) is 12.1 Å². The molecule has 4 rings (SSSR count). The summed E-state index contributed by atoms with van der Waals surface area (Å²) >= 11 is 0. The van der Waals surface area contributed by atoms with E-state index in [-0.39, 0.29) is 30.5 Å². The minimum Gasteiger partial charge on any atom is -0.390 e. The quantitative estimate of drug-likeness (QED) is 0.126. The zero-order chi connectivity index (χ0) is 33.8. The van der Waals surface area contributed by atoms with Crippen LogP contribution in [0.4, 0.5) is 8.78 Å². The number of halogens is 2. The minimum atomic E-state index is -1.12. The lowest BCUT2D eigenvalue weighted by molar-refractivity contribution is 0.0755. The van der Waals surface area contributed by atoms with E-state index >= 15 is 0 Å². The Morgan fingerprint density at radius 2 is 1.36 bits per heavy atom. The number of amides is 2. The van der Waals surface area contributed by atoms with E-state index in [0.29, 0.717) is 30.6 Å². The van der Waals surface area contributed by atoms with Gasteiger partial charge in [0.25, 0.3) is 11.8 Å². The van der Waals surface area contributed by atoms with Crippen LogP contribution in [-0.2, 0) is 12.8 Å². The fraction of sp³-hybridized carbons (Fsp3) is 0.333. The Balaban J connectivity index is 1.58. The highest BCUT2D eigenvalue weighted by Gasteiger charge is 2.26. The van der Waals surface area contributed by atoms with Gasteiger partial charge in [-0.15, -0.1) is 0 Å². The van der Waals surface area contributed by atoms with Crippen molar-refractivity contribution < 1.29 is 23.5 Å². The molecule has 0 heterocycles. The van der Waals surface area contributed by atoms with Crippen LogP contribution in [0.15, 0.2) is 97.1 Å². The van der Waals surface area contributed by atoms with Crippen molar-refractivity contribution in [3.63, 3.8) is 0 Å². The highest BCUT2D eigenvalue weighted by Crippen LogP contribution is 2.20. The molecule has 0 saturated carbocycles. The molecule has 0 aliphatic carbocycles. The van der Waals surface area contributed by atoms with Gasteiger partial charge in [0.1, 0.15) is 11.6 Å². The SMILES string of the molecule is CCCN(CCC)C(=O)c1cc(C)cc(C(=O)N[C@@H](Cc2cc(F)cc(F)c2)[C@H](O)CNC(Cc2ccccc2)c2ccccc2)c1. The van der Waals surface area contributed by atoms with Crippen molar-refractivity contribution in [3.05, 3.63) is 142 Å². The zero-order valence-corrected chi connectivity index (χ0v) is 27.4. The van der Waals surface area contributed by atoms with Gasteiger partial charge in [-0.05, 0) is 85.2 Å². The molecule has 0 spiro atoms. The van der Waals surface area contributed by atoms with E-state index in [1.807, 2.05) is 81.4 Å². The van der Waals surface area contributed by atoms with Gasteiger partial charge in [0.2, 0.25) is 0 Å². The molecule has 47 heavy (non-hydrogen) atoms. The number of carbonyl (C=O) groups is 2. The number of benzene rings is 4. The van der Waals surface area contributed by atoms with E-state index in [2.05, 4.69) is 10.6 Å². The maximum Gasteiger partial charge on any atom is 0.253 e. The number of nitrogens with one attached hydrogen (secondary N) is 2. The molecule has 2 amide bonds. The highest BCUT2D eigenvalue weighted by atomic mass is 19.1. The molecule has 248 valence electrons. The summed E-state index contributed by atoms with van der Waals surface area (Å²) in [6.45, 7) is 7.16. The molecule has 6 nitrogen and oxygen atoms in total. The Morgan fingerprint density at radius 3 is 1.98 bits per heavy atom. The molecule has 0 bridgehead atoms. The van der Waals surface area contributed by atoms with Crippen molar-refractivity contribution >= 4 is 11.8 Å². The third-order valence-electron chi connectivity index (χ3n) is 8.08. The van der Waals surface area contributed by atoms with Gasteiger partial charge in [-0.1, -0.05) is 74.5 Å². The number of aliphatic hydroxyl groups excluding tert-OH is 1. The standard InChI is InChI=1S/C39H45F2N3O3/c1-4-16-44(17-5-2)39(47)32-19-27(3)18-31(24-32)38(46)43-36(23-29-20-33(40)25-34(41)21-29)37(45)26-42-35(30-14-10-7-11-15-30)22-28-12-8-6-9-13-28/h6-15,18-21,24-25,35-37,42,45H,4-5,16-17,22-23,26H2,1-3H3,(H,43,46)/t35?,36-,37+/m0/s1. The molecule has 3 N–H and O–H groups in total. The van der Waals surface area contributed by atoms with Gasteiger partial charge in [-0.3, -0.25) is 9.59 Å². The first-order chi connectivity index (χ1) is 22.7. The van der Waals surface area contributed by atoms with E-state index in [9.17, 15) is 23.5 Å². The Labute approximate surface area is 276 Å². The van der Waals surface area contributed by atoms with Crippen LogP contribution in [0.5, 0.6) is 0 Å². The average Bonchev–Trinajstić information content (AvgIpc) is 3.06. The van der Waals surface area contributed by atoms with Crippen LogP contribution in [0, 0.1) is 18.6 Å². The Hall–Kier alpha value is -4.40. The van der Waals surface area contributed by atoms with Crippen LogP contribution >= 0.6 is 0 Å². The molecule has 4 aromatic rings. The Morgan fingerprint density at radius 1 is 0.766 bits per heavy atom. The number of nitrogens with zero attached hydrogens (tertiary/aromatic N) is 1. The van der Waals surface area contributed by atoms with Gasteiger partial charge >= 0.3 is 0 Å². The summed E-state index contributed by atoms with van der Waals surface area (Å²) in [5, 5.41) is 17.9. The summed E-state index contributed by atoms with van der Waals surface area (Å²) in [5.41, 5.74) is 3.87. The molecule has 3 atom stereocenters. The normalized spacial score (nSPS) is 13.1. The van der Waals surface area contributed by atoms with Crippen molar-refractivity contribution in [1.29, 1.82) is 0 Å². The molecule has 4 aromatic carbocycles. The van der Waals surface area contributed by atoms with Gasteiger partial charge in [0, 0.05) is 42.9 Å². The topological polar surface area (TPSA) is 81.7 Å². The summed E-state index contributed by atoms with van der Waals surface area (Å²) < 4.78 is 28.3. The van der Waals surface area contributed by atoms with Gasteiger partial charge < -0.3 is 20.6 Å².